The van der Waals surface area contributed by atoms with Gasteiger partial charge in [0, 0.05) is 12.6 Å². The molecule has 2 aromatic carbocycles. The summed E-state index contributed by atoms with van der Waals surface area (Å²) >= 11 is 0. The standard InChI is InChI=1S/C16H15N3O/c1-20-16-9-15(18-11-19-16)17-10-13-7-4-6-12-5-2-3-8-14(12)13/h2-9,11H,10H2,1H3,(H,17,18,19). The molecule has 0 atom stereocenters. The Hall–Kier alpha value is -2.62. The van der Waals surface area contributed by atoms with Crippen LogP contribution in [0.2, 0.25) is 0 Å². The summed E-state index contributed by atoms with van der Waals surface area (Å²) in [6.45, 7) is 0.710. The number of hydrogen-bond acceptors (Lipinski definition) is 4. The van der Waals surface area contributed by atoms with Crippen LogP contribution >= 0.6 is 0 Å². The number of aromatic nitrogens is 2. The van der Waals surface area contributed by atoms with Crippen molar-refractivity contribution in [2.45, 2.75) is 6.54 Å². The zero-order valence-electron chi connectivity index (χ0n) is 11.2. The molecule has 0 aliphatic rings. The van der Waals surface area contributed by atoms with Crippen LogP contribution in [0.15, 0.2) is 54.9 Å². The monoisotopic (exact) mass is 265 g/mol. The van der Waals surface area contributed by atoms with E-state index in [9.17, 15) is 0 Å². The summed E-state index contributed by atoms with van der Waals surface area (Å²) in [6.07, 6.45) is 1.49. The molecule has 0 unspecified atom stereocenters. The average molecular weight is 265 g/mol. The van der Waals surface area contributed by atoms with E-state index in [1.165, 1.54) is 22.7 Å². The topological polar surface area (TPSA) is 47.0 Å². The zero-order valence-corrected chi connectivity index (χ0v) is 11.2. The van der Waals surface area contributed by atoms with Crippen LogP contribution < -0.4 is 10.1 Å². The Kier molecular flexibility index (Phi) is 3.46. The maximum absolute atomic E-state index is 5.09. The number of nitrogens with one attached hydrogen (secondary N) is 1. The molecule has 0 amide bonds. The molecule has 4 heteroatoms. The minimum atomic E-state index is 0.556. The highest BCUT2D eigenvalue weighted by molar-refractivity contribution is 5.85. The van der Waals surface area contributed by atoms with Crippen molar-refractivity contribution in [3.8, 4) is 5.88 Å². The minimum Gasteiger partial charge on any atom is -0.481 e. The summed E-state index contributed by atoms with van der Waals surface area (Å²) in [4.78, 5) is 8.17. The van der Waals surface area contributed by atoms with E-state index in [1.807, 2.05) is 0 Å². The minimum absolute atomic E-state index is 0.556. The summed E-state index contributed by atoms with van der Waals surface area (Å²) in [6, 6.07) is 16.4. The lowest BCUT2D eigenvalue weighted by Gasteiger charge is -2.09. The van der Waals surface area contributed by atoms with Crippen molar-refractivity contribution in [1.82, 2.24) is 9.97 Å². The normalized spacial score (nSPS) is 10.4. The molecule has 0 bridgehead atoms. The van der Waals surface area contributed by atoms with Gasteiger partial charge in [0.15, 0.2) is 0 Å². The number of nitrogens with zero attached hydrogens (tertiary/aromatic N) is 2. The largest absolute Gasteiger partial charge is 0.481 e. The molecule has 20 heavy (non-hydrogen) atoms. The van der Waals surface area contributed by atoms with Gasteiger partial charge in [-0.15, -0.1) is 0 Å². The van der Waals surface area contributed by atoms with Gasteiger partial charge in [0.25, 0.3) is 0 Å². The molecule has 3 aromatic rings. The second-order valence-electron chi connectivity index (χ2n) is 4.44. The Morgan fingerprint density at radius 3 is 2.80 bits per heavy atom. The van der Waals surface area contributed by atoms with Gasteiger partial charge in [-0.05, 0) is 16.3 Å². The number of benzene rings is 2. The molecule has 1 heterocycles. The molecule has 0 fully saturated rings. The first-order valence-electron chi connectivity index (χ1n) is 6.43. The van der Waals surface area contributed by atoms with Crippen molar-refractivity contribution in [2.24, 2.45) is 0 Å². The van der Waals surface area contributed by atoms with Gasteiger partial charge < -0.3 is 10.1 Å². The third-order valence-corrected chi connectivity index (χ3v) is 3.19. The summed E-state index contributed by atoms with van der Waals surface area (Å²) in [5.74, 6) is 1.31. The molecule has 0 saturated heterocycles. The zero-order chi connectivity index (χ0) is 13.8. The van der Waals surface area contributed by atoms with Gasteiger partial charge in [-0.3, -0.25) is 0 Å². The lowest BCUT2D eigenvalue weighted by atomic mass is 10.0. The highest BCUT2D eigenvalue weighted by atomic mass is 16.5. The molecule has 0 aliphatic carbocycles. The Balaban J connectivity index is 1.83. The number of anilines is 1. The molecular weight excluding hydrogens is 250 g/mol. The van der Waals surface area contributed by atoms with Crippen LogP contribution in [0.25, 0.3) is 10.8 Å². The molecule has 0 spiro atoms. The van der Waals surface area contributed by atoms with Crippen molar-refractivity contribution in [2.75, 3.05) is 12.4 Å². The van der Waals surface area contributed by atoms with Gasteiger partial charge in [0.2, 0.25) is 5.88 Å². The highest BCUT2D eigenvalue weighted by Gasteiger charge is 2.02. The summed E-state index contributed by atoms with van der Waals surface area (Å²) < 4.78 is 5.09. The molecular formula is C16H15N3O. The van der Waals surface area contributed by atoms with Crippen LogP contribution in [-0.2, 0) is 6.54 Å². The number of hydrogen-bond donors (Lipinski definition) is 1. The molecule has 1 aromatic heterocycles. The van der Waals surface area contributed by atoms with Crippen molar-refractivity contribution >= 4 is 16.6 Å². The predicted molar refractivity (Wildman–Crippen MR) is 79.9 cm³/mol. The van der Waals surface area contributed by atoms with Crippen LogP contribution in [-0.4, -0.2) is 17.1 Å². The summed E-state index contributed by atoms with van der Waals surface area (Å²) in [5.41, 5.74) is 1.24. The molecule has 3 rings (SSSR count). The van der Waals surface area contributed by atoms with Gasteiger partial charge >= 0.3 is 0 Å². The lowest BCUT2D eigenvalue weighted by Crippen LogP contribution is -2.02. The highest BCUT2D eigenvalue weighted by Crippen LogP contribution is 2.19. The van der Waals surface area contributed by atoms with E-state index in [0.717, 1.165) is 5.82 Å². The Labute approximate surface area is 117 Å². The van der Waals surface area contributed by atoms with Gasteiger partial charge in [0.05, 0.1) is 7.11 Å². The van der Waals surface area contributed by atoms with Crippen LogP contribution in [0.1, 0.15) is 5.56 Å². The van der Waals surface area contributed by atoms with E-state index in [4.69, 9.17) is 4.74 Å². The van der Waals surface area contributed by atoms with E-state index in [-0.39, 0.29) is 0 Å². The summed E-state index contributed by atoms with van der Waals surface area (Å²) in [7, 11) is 1.59. The van der Waals surface area contributed by atoms with Gasteiger partial charge in [-0.2, -0.15) is 0 Å². The first-order valence-corrected chi connectivity index (χ1v) is 6.43. The Bertz CT molecular complexity index is 722. The first kappa shape index (κ1) is 12.4. The molecule has 0 radical (unpaired) electrons. The van der Waals surface area contributed by atoms with E-state index in [2.05, 4.69) is 57.7 Å². The van der Waals surface area contributed by atoms with Crippen LogP contribution in [0.4, 0.5) is 5.82 Å². The van der Waals surface area contributed by atoms with Crippen LogP contribution in [0.5, 0.6) is 5.88 Å². The SMILES string of the molecule is COc1cc(NCc2cccc3ccccc23)ncn1. The molecule has 0 aliphatic heterocycles. The fourth-order valence-corrected chi connectivity index (χ4v) is 2.18. The number of fused-ring (bicyclic) bond motifs is 1. The maximum atomic E-state index is 5.09. The number of methoxy groups -OCH3 is 1. The van der Waals surface area contributed by atoms with E-state index in [0.29, 0.717) is 12.4 Å². The lowest BCUT2D eigenvalue weighted by molar-refractivity contribution is 0.397. The predicted octanol–water partition coefficient (Wildman–Crippen LogP) is 3.25. The Morgan fingerprint density at radius 1 is 1.05 bits per heavy atom. The maximum Gasteiger partial charge on any atom is 0.218 e. The fourth-order valence-electron chi connectivity index (χ4n) is 2.18. The van der Waals surface area contributed by atoms with E-state index >= 15 is 0 Å². The quantitative estimate of drug-likeness (QED) is 0.786. The van der Waals surface area contributed by atoms with Gasteiger partial charge in [0.1, 0.15) is 12.1 Å². The molecule has 4 nitrogen and oxygen atoms in total. The van der Waals surface area contributed by atoms with Crippen molar-refractivity contribution in [3.05, 3.63) is 60.4 Å². The van der Waals surface area contributed by atoms with Crippen molar-refractivity contribution < 1.29 is 4.74 Å². The Morgan fingerprint density at radius 2 is 1.90 bits per heavy atom. The van der Waals surface area contributed by atoms with E-state index in [1.54, 1.807) is 13.2 Å². The third kappa shape index (κ3) is 2.54. The smallest absolute Gasteiger partial charge is 0.218 e. The van der Waals surface area contributed by atoms with Crippen molar-refractivity contribution in [3.63, 3.8) is 0 Å². The second kappa shape index (κ2) is 5.57. The molecule has 0 saturated carbocycles. The number of ether oxygens (including phenoxy) is 1. The third-order valence-electron chi connectivity index (χ3n) is 3.19. The van der Waals surface area contributed by atoms with Gasteiger partial charge in [-0.25, -0.2) is 9.97 Å². The van der Waals surface area contributed by atoms with Crippen molar-refractivity contribution in [1.29, 1.82) is 0 Å². The average Bonchev–Trinajstić information content (AvgIpc) is 2.53. The summed E-state index contributed by atoms with van der Waals surface area (Å²) in [5, 5.41) is 5.79. The molecule has 1 N–H and O–H groups in total. The molecule has 100 valence electrons. The fraction of sp³-hybridized carbons (Fsp3) is 0.125. The van der Waals surface area contributed by atoms with E-state index < -0.39 is 0 Å². The van der Waals surface area contributed by atoms with Crippen LogP contribution in [0, 0.1) is 0 Å². The first-order chi connectivity index (χ1) is 9.86. The number of rotatable bonds is 4. The van der Waals surface area contributed by atoms with Gasteiger partial charge in [-0.1, -0.05) is 42.5 Å². The second-order valence-corrected chi connectivity index (χ2v) is 4.44. The van der Waals surface area contributed by atoms with Crippen LogP contribution in [0.3, 0.4) is 0 Å².